The van der Waals surface area contributed by atoms with Crippen LogP contribution in [0.2, 0.25) is 9.36 Å². The first-order chi connectivity index (χ1) is 8.61. The molecule has 0 N–H and O–H groups in total. The summed E-state index contributed by atoms with van der Waals surface area (Å²) >= 11 is 13.6. The number of thiophene rings is 1. The van der Waals surface area contributed by atoms with Crippen LogP contribution in [-0.2, 0) is 6.54 Å². The van der Waals surface area contributed by atoms with E-state index < -0.39 is 0 Å². The number of halogens is 2. The molecule has 0 bridgehead atoms. The molecule has 0 spiro atoms. The molecule has 0 atom stereocenters. The van der Waals surface area contributed by atoms with Crippen molar-refractivity contribution in [3.8, 4) is 0 Å². The summed E-state index contributed by atoms with van der Waals surface area (Å²) in [7, 11) is 1.90. The van der Waals surface area contributed by atoms with Gasteiger partial charge in [-0.15, -0.1) is 11.3 Å². The van der Waals surface area contributed by atoms with Crippen molar-refractivity contribution in [3.05, 3.63) is 50.1 Å². The summed E-state index contributed by atoms with van der Waals surface area (Å²) in [5, 5.41) is 0.574. The maximum atomic E-state index is 11.0. The molecule has 0 radical (unpaired) electrons. The molecule has 0 amide bonds. The van der Waals surface area contributed by atoms with Crippen molar-refractivity contribution < 1.29 is 4.79 Å². The largest absolute Gasteiger partial charge is 0.368 e. The zero-order valence-corrected chi connectivity index (χ0v) is 12.0. The number of benzene rings is 1. The third kappa shape index (κ3) is 2.86. The monoisotopic (exact) mass is 299 g/mol. The summed E-state index contributed by atoms with van der Waals surface area (Å²) < 4.78 is 0.758. The zero-order valence-electron chi connectivity index (χ0n) is 9.69. The average Bonchev–Trinajstić information content (AvgIpc) is 2.74. The van der Waals surface area contributed by atoms with Gasteiger partial charge in [0, 0.05) is 17.5 Å². The number of carbonyl (C=O) groups excluding carboxylic acids is 1. The highest BCUT2D eigenvalue weighted by atomic mass is 35.5. The standard InChI is InChI=1S/C13H11Cl2NOS/c1-16(7-10-5-6-12(15)18-10)13-9(8-17)3-2-4-11(13)14/h2-6,8H,7H2,1H3. The molecule has 2 nitrogen and oxygen atoms in total. The van der Waals surface area contributed by atoms with Gasteiger partial charge in [0.15, 0.2) is 6.29 Å². The van der Waals surface area contributed by atoms with Gasteiger partial charge in [-0.3, -0.25) is 4.79 Å². The number of rotatable bonds is 4. The van der Waals surface area contributed by atoms with Crippen molar-refractivity contribution in [2.24, 2.45) is 0 Å². The number of aldehydes is 1. The van der Waals surface area contributed by atoms with Crippen LogP contribution in [-0.4, -0.2) is 13.3 Å². The van der Waals surface area contributed by atoms with E-state index >= 15 is 0 Å². The van der Waals surface area contributed by atoms with Gasteiger partial charge in [0.05, 0.1) is 21.6 Å². The SMILES string of the molecule is CN(Cc1ccc(Cl)s1)c1c(Cl)cccc1C=O. The summed E-state index contributed by atoms with van der Waals surface area (Å²) in [6.07, 6.45) is 0.819. The number of carbonyl (C=O) groups is 1. The lowest BCUT2D eigenvalue weighted by molar-refractivity contribution is 0.112. The molecule has 1 aromatic carbocycles. The van der Waals surface area contributed by atoms with Crippen LogP contribution in [0.4, 0.5) is 5.69 Å². The van der Waals surface area contributed by atoms with Crippen molar-refractivity contribution in [3.63, 3.8) is 0 Å². The molecule has 0 aliphatic carbocycles. The third-order valence-electron chi connectivity index (χ3n) is 2.55. The topological polar surface area (TPSA) is 20.3 Å². The van der Waals surface area contributed by atoms with Crippen LogP contribution in [0, 0.1) is 0 Å². The molecule has 2 rings (SSSR count). The number of hydrogen-bond donors (Lipinski definition) is 0. The first kappa shape index (κ1) is 13.4. The number of anilines is 1. The summed E-state index contributed by atoms with van der Waals surface area (Å²) in [6, 6.07) is 9.14. The summed E-state index contributed by atoms with van der Waals surface area (Å²) in [4.78, 5) is 14.1. The van der Waals surface area contributed by atoms with Gasteiger partial charge in [0.25, 0.3) is 0 Å². The van der Waals surface area contributed by atoms with Gasteiger partial charge in [-0.2, -0.15) is 0 Å². The van der Waals surface area contributed by atoms with E-state index in [1.165, 1.54) is 11.3 Å². The van der Waals surface area contributed by atoms with Gasteiger partial charge in [-0.25, -0.2) is 0 Å². The summed E-state index contributed by atoms with van der Waals surface area (Å²) in [5.41, 5.74) is 1.34. The van der Waals surface area contributed by atoms with E-state index in [1.807, 2.05) is 24.1 Å². The Hall–Kier alpha value is -1.03. The van der Waals surface area contributed by atoms with E-state index in [2.05, 4.69) is 0 Å². The summed E-state index contributed by atoms with van der Waals surface area (Å²) in [5.74, 6) is 0. The molecule has 18 heavy (non-hydrogen) atoms. The fourth-order valence-corrected chi connectivity index (χ4v) is 3.25. The first-order valence-corrected chi connectivity index (χ1v) is 6.88. The van der Waals surface area contributed by atoms with Crippen LogP contribution < -0.4 is 4.90 Å². The molecular formula is C13H11Cl2NOS. The van der Waals surface area contributed by atoms with E-state index in [0.717, 1.165) is 21.2 Å². The number of hydrogen-bond acceptors (Lipinski definition) is 3. The molecule has 2 aromatic rings. The third-order valence-corrected chi connectivity index (χ3v) is 4.07. The van der Waals surface area contributed by atoms with Crippen molar-refractivity contribution in [2.75, 3.05) is 11.9 Å². The Morgan fingerprint density at radius 2 is 2.06 bits per heavy atom. The lowest BCUT2D eigenvalue weighted by atomic mass is 10.2. The van der Waals surface area contributed by atoms with Crippen LogP contribution >= 0.6 is 34.5 Å². The zero-order chi connectivity index (χ0) is 13.1. The Bertz CT molecular complexity index is 568. The maximum absolute atomic E-state index is 11.0. The Morgan fingerprint density at radius 1 is 1.28 bits per heavy atom. The van der Waals surface area contributed by atoms with Gasteiger partial charge in [-0.05, 0) is 24.3 Å². The molecule has 0 aliphatic rings. The van der Waals surface area contributed by atoms with Gasteiger partial charge < -0.3 is 4.90 Å². The molecule has 94 valence electrons. The molecule has 1 aromatic heterocycles. The Balaban J connectivity index is 2.28. The van der Waals surface area contributed by atoms with E-state index in [-0.39, 0.29) is 0 Å². The quantitative estimate of drug-likeness (QED) is 0.775. The predicted molar refractivity (Wildman–Crippen MR) is 78.3 cm³/mol. The summed E-state index contributed by atoms with van der Waals surface area (Å²) in [6.45, 7) is 0.669. The second kappa shape index (κ2) is 5.74. The van der Waals surface area contributed by atoms with Crippen molar-refractivity contribution in [1.82, 2.24) is 0 Å². The molecule has 0 saturated carbocycles. The first-order valence-electron chi connectivity index (χ1n) is 5.31. The molecule has 1 heterocycles. The van der Waals surface area contributed by atoms with Crippen LogP contribution in [0.25, 0.3) is 0 Å². The Kier molecular flexibility index (Phi) is 4.27. The maximum Gasteiger partial charge on any atom is 0.152 e. The predicted octanol–water partition coefficient (Wildman–Crippen LogP) is 4.50. The molecule has 0 fully saturated rings. The van der Waals surface area contributed by atoms with Crippen molar-refractivity contribution >= 4 is 46.5 Å². The lowest BCUT2D eigenvalue weighted by Crippen LogP contribution is -2.17. The fraction of sp³-hybridized carbons (Fsp3) is 0.154. The van der Waals surface area contributed by atoms with E-state index in [4.69, 9.17) is 23.2 Å². The highest BCUT2D eigenvalue weighted by molar-refractivity contribution is 7.16. The van der Waals surface area contributed by atoms with Gasteiger partial charge in [0.2, 0.25) is 0 Å². The normalized spacial score (nSPS) is 10.4. The van der Waals surface area contributed by atoms with Gasteiger partial charge in [-0.1, -0.05) is 29.3 Å². The molecule has 0 saturated heterocycles. The minimum Gasteiger partial charge on any atom is -0.368 e. The highest BCUT2D eigenvalue weighted by Crippen LogP contribution is 2.30. The molecule has 0 aliphatic heterocycles. The van der Waals surface area contributed by atoms with Crippen LogP contribution in [0.1, 0.15) is 15.2 Å². The second-order valence-corrected chi connectivity index (χ2v) is 6.06. The smallest absolute Gasteiger partial charge is 0.152 e. The average molecular weight is 300 g/mol. The molecule has 0 unspecified atom stereocenters. The van der Waals surface area contributed by atoms with Gasteiger partial charge in [0.1, 0.15) is 0 Å². The van der Waals surface area contributed by atoms with E-state index in [9.17, 15) is 4.79 Å². The highest BCUT2D eigenvalue weighted by Gasteiger charge is 2.12. The minimum atomic E-state index is 0.574. The minimum absolute atomic E-state index is 0.574. The molecule has 5 heteroatoms. The Morgan fingerprint density at radius 3 is 2.67 bits per heavy atom. The van der Waals surface area contributed by atoms with Gasteiger partial charge >= 0.3 is 0 Å². The molecular weight excluding hydrogens is 289 g/mol. The van der Waals surface area contributed by atoms with E-state index in [0.29, 0.717) is 17.1 Å². The van der Waals surface area contributed by atoms with Crippen molar-refractivity contribution in [1.29, 1.82) is 0 Å². The number of para-hydroxylation sites is 1. The van der Waals surface area contributed by atoms with E-state index in [1.54, 1.807) is 18.2 Å². The van der Waals surface area contributed by atoms with Crippen LogP contribution in [0.3, 0.4) is 0 Å². The van der Waals surface area contributed by atoms with Crippen LogP contribution in [0.5, 0.6) is 0 Å². The fourth-order valence-electron chi connectivity index (χ4n) is 1.78. The Labute approximate surface area is 120 Å². The lowest BCUT2D eigenvalue weighted by Gasteiger charge is -2.21. The van der Waals surface area contributed by atoms with Crippen LogP contribution in [0.15, 0.2) is 30.3 Å². The van der Waals surface area contributed by atoms with Crippen molar-refractivity contribution in [2.45, 2.75) is 6.54 Å². The second-order valence-electron chi connectivity index (χ2n) is 3.86. The number of nitrogens with zero attached hydrogens (tertiary/aromatic N) is 1.